The fourth-order valence-electron chi connectivity index (χ4n) is 2.19. The van der Waals surface area contributed by atoms with E-state index in [-0.39, 0.29) is 0 Å². The summed E-state index contributed by atoms with van der Waals surface area (Å²) in [5, 5.41) is 1.05. The molecule has 1 aromatic heterocycles. The minimum atomic E-state index is 0.836. The van der Waals surface area contributed by atoms with Crippen molar-refractivity contribution < 1.29 is 4.74 Å². The molecule has 17 heavy (non-hydrogen) atoms. The number of rotatable bonds is 2. The molecular weight excluding hydrogens is 214 g/mol. The number of hydrogen-bond donors (Lipinski definition) is 0. The van der Waals surface area contributed by atoms with E-state index in [0.29, 0.717) is 0 Å². The summed E-state index contributed by atoms with van der Waals surface area (Å²) in [7, 11) is 1.67. The van der Waals surface area contributed by atoms with Gasteiger partial charge < -0.3 is 9.64 Å². The minimum Gasteiger partial charge on any atom is -0.497 e. The van der Waals surface area contributed by atoms with Gasteiger partial charge in [-0.15, -0.1) is 0 Å². The van der Waals surface area contributed by atoms with Crippen LogP contribution in [0.25, 0.3) is 10.9 Å². The molecule has 0 radical (unpaired) electrons. The van der Waals surface area contributed by atoms with E-state index < -0.39 is 0 Å². The lowest BCUT2D eigenvalue weighted by molar-refractivity contribution is 0.415. The van der Waals surface area contributed by atoms with Crippen LogP contribution in [0.3, 0.4) is 0 Å². The molecule has 4 heteroatoms. The largest absolute Gasteiger partial charge is 0.497 e. The summed E-state index contributed by atoms with van der Waals surface area (Å²) in [4.78, 5) is 11.3. The Hall–Kier alpha value is -1.84. The summed E-state index contributed by atoms with van der Waals surface area (Å²) in [6, 6.07) is 5.87. The van der Waals surface area contributed by atoms with Crippen molar-refractivity contribution in [1.82, 2.24) is 9.97 Å². The van der Waals surface area contributed by atoms with Gasteiger partial charge in [0.25, 0.3) is 0 Å². The zero-order chi connectivity index (χ0) is 11.7. The molecule has 4 nitrogen and oxygen atoms in total. The molecule has 1 aliphatic rings. The molecule has 1 aliphatic heterocycles. The zero-order valence-corrected chi connectivity index (χ0v) is 9.89. The SMILES string of the molecule is COc1ccc2cnc(N3CCCC3)nc2c1. The molecule has 0 amide bonds. The summed E-state index contributed by atoms with van der Waals surface area (Å²) in [5.41, 5.74) is 0.946. The van der Waals surface area contributed by atoms with Gasteiger partial charge in [0, 0.05) is 30.7 Å². The van der Waals surface area contributed by atoms with Crippen molar-refractivity contribution in [2.75, 3.05) is 25.1 Å². The Kier molecular flexibility index (Phi) is 2.55. The fourth-order valence-corrected chi connectivity index (χ4v) is 2.19. The first-order valence-electron chi connectivity index (χ1n) is 5.92. The van der Waals surface area contributed by atoms with Crippen molar-refractivity contribution >= 4 is 16.9 Å². The minimum absolute atomic E-state index is 0.836. The summed E-state index contributed by atoms with van der Waals surface area (Å²) in [5.74, 6) is 1.67. The highest BCUT2D eigenvalue weighted by atomic mass is 16.5. The smallest absolute Gasteiger partial charge is 0.225 e. The van der Waals surface area contributed by atoms with E-state index in [1.165, 1.54) is 12.8 Å². The zero-order valence-electron chi connectivity index (χ0n) is 9.89. The first-order valence-corrected chi connectivity index (χ1v) is 5.92. The highest BCUT2D eigenvalue weighted by molar-refractivity contribution is 5.80. The van der Waals surface area contributed by atoms with Crippen molar-refractivity contribution in [2.45, 2.75) is 12.8 Å². The molecule has 0 spiro atoms. The summed E-state index contributed by atoms with van der Waals surface area (Å²) in [6.07, 6.45) is 4.36. The molecule has 0 atom stereocenters. The lowest BCUT2D eigenvalue weighted by Gasteiger charge is -2.15. The van der Waals surface area contributed by atoms with Crippen molar-refractivity contribution in [2.24, 2.45) is 0 Å². The molecule has 0 aliphatic carbocycles. The second kappa shape index (κ2) is 4.20. The molecule has 3 rings (SSSR count). The number of anilines is 1. The van der Waals surface area contributed by atoms with Crippen LogP contribution < -0.4 is 9.64 Å². The molecule has 0 N–H and O–H groups in total. The fraction of sp³-hybridized carbons (Fsp3) is 0.385. The second-order valence-electron chi connectivity index (χ2n) is 4.29. The molecule has 1 fully saturated rings. The van der Waals surface area contributed by atoms with Crippen LogP contribution in [0.1, 0.15) is 12.8 Å². The van der Waals surface area contributed by atoms with Crippen LogP contribution in [0.15, 0.2) is 24.4 Å². The van der Waals surface area contributed by atoms with Crippen molar-refractivity contribution in [3.8, 4) is 5.75 Å². The van der Waals surface area contributed by atoms with Gasteiger partial charge >= 0.3 is 0 Å². The highest BCUT2D eigenvalue weighted by Gasteiger charge is 2.14. The second-order valence-corrected chi connectivity index (χ2v) is 4.29. The van der Waals surface area contributed by atoms with Crippen molar-refractivity contribution in [3.05, 3.63) is 24.4 Å². The molecule has 0 unspecified atom stereocenters. The van der Waals surface area contributed by atoms with Gasteiger partial charge in [-0.25, -0.2) is 9.97 Å². The third-order valence-corrected chi connectivity index (χ3v) is 3.17. The van der Waals surface area contributed by atoms with Crippen LogP contribution in [0, 0.1) is 0 Å². The summed E-state index contributed by atoms with van der Waals surface area (Å²) in [6.45, 7) is 2.13. The van der Waals surface area contributed by atoms with E-state index in [1.807, 2.05) is 24.4 Å². The van der Waals surface area contributed by atoms with Crippen LogP contribution >= 0.6 is 0 Å². The van der Waals surface area contributed by atoms with Crippen molar-refractivity contribution in [1.29, 1.82) is 0 Å². The van der Waals surface area contributed by atoms with Gasteiger partial charge in [0.05, 0.1) is 12.6 Å². The molecular formula is C13H15N3O. The maximum absolute atomic E-state index is 5.21. The number of ether oxygens (including phenoxy) is 1. The Morgan fingerprint density at radius 2 is 2.06 bits per heavy atom. The Bertz CT molecular complexity index is 535. The maximum Gasteiger partial charge on any atom is 0.225 e. The first-order chi connectivity index (χ1) is 8.36. The lowest BCUT2D eigenvalue weighted by Crippen LogP contribution is -2.20. The standard InChI is InChI=1S/C13H15N3O/c1-17-11-5-4-10-9-14-13(15-12(10)8-11)16-6-2-3-7-16/h4-5,8-9H,2-3,6-7H2,1H3. The third-order valence-electron chi connectivity index (χ3n) is 3.17. The molecule has 0 bridgehead atoms. The third kappa shape index (κ3) is 1.90. The van der Waals surface area contributed by atoms with Crippen LogP contribution in [0.5, 0.6) is 5.75 Å². The predicted octanol–water partition coefficient (Wildman–Crippen LogP) is 2.24. The van der Waals surface area contributed by atoms with E-state index >= 15 is 0 Å². The monoisotopic (exact) mass is 229 g/mol. The average Bonchev–Trinajstić information content (AvgIpc) is 2.91. The van der Waals surface area contributed by atoms with Crippen LogP contribution in [-0.2, 0) is 0 Å². The molecule has 0 saturated carbocycles. The van der Waals surface area contributed by atoms with Gasteiger partial charge in [0.15, 0.2) is 0 Å². The number of methoxy groups -OCH3 is 1. The maximum atomic E-state index is 5.21. The predicted molar refractivity (Wildman–Crippen MR) is 67.5 cm³/mol. The van der Waals surface area contributed by atoms with Gasteiger partial charge in [-0.1, -0.05) is 0 Å². The molecule has 1 aromatic carbocycles. The van der Waals surface area contributed by atoms with E-state index in [2.05, 4.69) is 14.9 Å². The summed E-state index contributed by atoms with van der Waals surface area (Å²) < 4.78 is 5.21. The molecule has 1 saturated heterocycles. The molecule has 88 valence electrons. The van der Waals surface area contributed by atoms with Crippen molar-refractivity contribution in [3.63, 3.8) is 0 Å². The normalized spacial score (nSPS) is 15.5. The molecule has 2 aromatic rings. The van der Waals surface area contributed by atoms with E-state index in [4.69, 9.17) is 4.74 Å². The van der Waals surface area contributed by atoms with Gasteiger partial charge in [0.2, 0.25) is 5.95 Å². The quantitative estimate of drug-likeness (QED) is 0.791. The Balaban J connectivity index is 2.03. The van der Waals surface area contributed by atoms with Gasteiger partial charge in [-0.05, 0) is 25.0 Å². The Labute approximate surface area is 100 Å². The highest BCUT2D eigenvalue weighted by Crippen LogP contribution is 2.22. The van der Waals surface area contributed by atoms with E-state index in [0.717, 1.165) is 35.7 Å². The summed E-state index contributed by atoms with van der Waals surface area (Å²) >= 11 is 0. The average molecular weight is 229 g/mol. The topological polar surface area (TPSA) is 38.2 Å². The number of nitrogens with zero attached hydrogens (tertiary/aromatic N) is 3. The van der Waals surface area contributed by atoms with Crippen LogP contribution in [0.4, 0.5) is 5.95 Å². The Morgan fingerprint density at radius 1 is 1.24 bits per heavy atom. The Morgan fingerprint density at radius 3 is 2.82 bits per heavy atom. The number of hydrogen-bond acceptors (Lipinski definition) is 4. The number of fused-ring (bicyclic) bond motifs is 1. The van der Waals surface area contributed by atoms with E-state index in [1.54, 1.807) is 7.11 Å². The lowest BCUT2D eigenvalue weighted by atomic mass is 10.2. The first kappa shape index (κ1) is 10.3. The van der Waals surface area contributed by atoms with Crippen LogP contribution in [-0.4, -0.2) is 30.2 Å². The number of benzene rings is 1. The van der Waals surface area contributed by atoms with Gasteiger partial charge in [0.1, 0.15) is 5.75 Å². The molecule has 2 heterocycles. The van der Waals surface area contributed by atoms with Crippen LogP contribution in [0.2, 0.25) is 0 Å². The van der Waals surface area contributed by atoms with Gasteiger partial charge in [-0.3, -0.25) is 0 Å². The number of aromatic nitrogens is 2. The van der Waals surface area contributed by atoms with E-state index in [9.17, 15) is 0 Å². The van der Waals surface area contributed by atoms with Gasteiger partial charge in [-0.2, -0.15) is 0 Å².